The lowest BCUT2D eigenvalue weighted by molar-refractivity contribution is -0.136. The van der Waals surface area contributed by atoms with Crippen LogP contribution in [0.15, 0.2) is 30.5 Å². The molecule has 2 N–H and O–H groups in total. The van der Waals surface area contributed by atoms with E-state index in [0.717, 1.165) is 54.4 Å². The molecule has 1 aromatic carbocycles. The summed E-state index contributed by atoms with van der Waals surface area (Å²) in [5.74, 6) is 3.94. The van der Waals surface area contributed by atoms with Crippen molar-refractivity contribution in [2.24, 2.45) is 11.7 Å². The summed E-state index contributed by atoms with van der Waals surface area (Å²) in [4.78, 5) is 20.4. The number of methoxy groups -OCH3 is 1. The maximum atomic E-state index is 13.4. The highest BCUT2D eigenvalue weighted by Gasteiger charge is 2.36. The van der Waals surface area contributed by atoms with Crippen molar-refractivity contribution in [3.05, 3.63) is 36.3 Å². The van der Waals surface area contributed by atoms with Gasteiger partial charge in [-0.2, -0.15) is 0 Å². The number of hydrogen-bond donors (Lipinski definition) is 1. The molecule has 2 aromatic rings. The first-order valence-corrected chi connectivity index (χ1v) is 14.0. The van der Waals surface area contributed by atoms with Gasteiger partial charge in [0, 0.05) is 36.4 Å². The van der Waals surface area contributed by atoms with E-state index in [9.17, 15) is 4.79 Å². The van der Waals surface area contributed by atoms with Gasteiger partial charge in [-0.15, -0.1) is 0 Å². The number of nitrogens with two attached hydrogens (primary N) is 1. The van der Waals surface area contributed by atoms with Crippen LogP contribution in [-0.2, 0) is 11.3 Å². The zero-order valence-electron chi connectivity index (χ0n) is 19.6. The fourth-order valence-corrected chi connectivity index (χ4v) is 6.13. The van der Waals surface area contributed by atoms with Gasteiger partial charge in [-0.05, 0) is 24.5 Å². The number of carbonyl (C=O) groups is 1. The molecular weight excluding hydrogens is 440 g/mol. The Kier molecular flexibility index (Phi) is 9.37. The summed E-state index contributed by atoms with van der Waals surface area (Å²) in [6.07, 6.45) is 5.26. The van der Waals surface area contributed by atoms with Gasteiger partial charge in [0.05, 0.1) is 24.9 Å². The van der Waals surface area contributed by atoms with E-state index in [-0.39, 0.29) is 11.9 Å². The van der Waals surface area contributed by atoms with Crippen molar-refractivity contribution in [2.45, 2.75) is 58.7 Å². The molecule has 2 heterocycles. The summed E-state index contributed by atoms with van der Waals surface area (Å²) < 4.78 is 7.77. The van der Waals surface area contributed by atoms with Gasteiger partial charge < -0.3 is 19.9 Å². The molecule has 0 saturated carbocycles. The average molecular weight is 477 g/mol. The molecule has 1 aromatic heterocycles. The third kappa shape index (κ3) is 5.83. The quantitative estimate of drug-likeness (QED) is 0.364. The van der Waals surface area contributed by atoms with Gasteiger partial charge in [-0.25, -0.2) is 4.98 Å². The molecule has 1 aliphatic rings. The summed E-state index contributed by atoms with van der Waals surface area (Å²) in [5, 5.41) is 0. The third-order valence-corrected chi connectivity index (χ3v) is 8.42. The van der Waals surface area contributed by atoms with Crippen molar-refractivity contribution in [1.29, 1.82) is 0 Å². The van der Waals surface area contributed by atoms with E-state index >= 15 is 0 Å². The number of rotatable bonds is 11. The van der Waals surface area contributed by atoms with E-state index in [4.69, 9.17) is 15.5 Å². The number of fused-ring (bicyclic) bond motifs is 1. The van der Waals surface area contributed by atoms with E-state index in [1.54, 1.807) is 28.7 Å². The first kappa shape index (κ1) is 25.0. The lowest BCUT2D eigenvalue weighted by Gasteiger charge is -2.38. The van der Waals surface area contributed by atoms with Gasteiger partial charge in [0.25, 0.3) is 0 Å². The topological polar surface area (TPSA) is 73.4 Å². The van der Waals surface area contributed by atoms with Crippen LogP contribution < -0.4 is 10.5 Å². The standard InChI is InChI=1S/C24H36N4O2S2/c1-5-9-17(3)14-21-23-26-20(18-10-7-8-11-22(18)30-4)15-27(23)12-13-28(21)24(29)19(25)16-32-31-6-2/h7-8,10-11,15,17,19,21H,5-6,9,12-14,16,25H2,1-4H3/t17?,19-,21-/m0/s1. The van der Waals surface area contributed by atoms with Crippen LogP contribution in [0.4, 0.5) is 0 Å². The monoisotopic (exact) mass is 476 g/mol. The maximum absolute atomic E-state index is 13.4. The van der Waals surface area contributed by atoms with Crippen LogP contribution in [0, 0.1) is 5.92 Å². The highest BCUT2D eigenvalue weighted by Crippen LogP contribution is 2.36. The first-order valence-electron chi connectivity index (χ1n) is 11.5. The first-order chi connectivity index (χ1) is 15.5. The van der Waals surface area contributed by atoms with Crippen LogP contribution in [-0.4, -0.2) is 51.6 Å². The SMILES string of the molecule is CCCC(C)C[C@H]1c2nc(-c3ccccc3OC)cn2CCN1C(=O)[C@@H](N)CSSCC. The Bertz CT molecular complexity index is 889. The average Bonchev–Trinajstić information content (AvgIpc) is 3.23. The predicted octanol–water partition coefficient (Wildman–Crippen LogP) is 5.00. The second-order valence-electron chi connectivity index (χ2n) is 8.35. The largest absolute Gasteiger partial charge is 0.496 e. The van der Waals surface area contributed by atoms with Crippen LogP contribution in [0.5, 0.6) is 5.75 Å². The fraction of sp³-hybridized carbons (Fsp3) is 0.583. The van der Waals surface area contributed by atoms with Gasteiger partial charge in [-0.1, -0.05) is 67.3 Å². The van der Waals surface area contributed by atoms with E-state index in [2.05, 4.69) is 31.5 Å². The van der Waals surface area contributed by atoms with E-state index in [1.165, 1.54) is 0 Å². The van der Waals surface area contributed by atoms with Crippen molar-refractivity contribution in [1.82, 2.24) is 14.5 Å². The second-order valence-corrected chi connectivity index (χ2v) is 11.1. The molecule has 6 nitrogen and oxygen atoms in total. The molecule has 3 atom stereocenters. The molecule has 0 saturated heterocycles. The Balaban J connectivity index is 1.90. The molecule has 1 amide bonds. The van der Waals surface area contributed by atoms with Crippen LogP contribution in [0.3, 0.4) is 0 Å². The molecule has 32 heavy (non-hydrogen) atoms. The summed E-state index contributed by atoms with van der Waals surface area (Å²) >= 11 is 0. The Morgan fingerprint density at radius 2 is 2.06 bits per heavy atom. The number of hydrogen-bond acceptors (Lipinski definition) is 6. The van der Waals surface area contributed by atoms with Gasteiger partial charge >= 0.3 is 0 Å². The summed E-state index contributed by atoms with van der Waals surface area (Å²) in [5.41, 5.74) is 8.19. The highest BCUT2D eigenvalue weighted by atomic mass is 33.1. The molecule has 0 bridgehead atoms. The van der Waals surface area contributed by atoms with Crippen LogP contribution in [0.1, 0.15) is 51.9 Å². The number of para-hydroxylation sites is 1. The lowest BCUT2D eigenvalue weighted by Crippen LogP contribution is -2.50. The zero-order chi connectivity index (χ0) is 23.1. The van der Waals surface area contributed by atoms with Crippen LogP contribution in [0.25, 0.3) is 11.3 Å². The molecule has 0 fully saturated rings. The normalized spacial score (nSPS) is 17.7. The molecule has 8 heteroatoms. The van der Waals surface area contributed by atoms with Crippen molar-refractivity contribution < 1.29 is 9.53 Å². The smallest absolute Gasteiger partial charge is 0.241 e. The van der Waals surface area contributed by atoms with Crippen molar-refractivity contribution in [3.8, 4) is 17.0 Å². The third-order valence-electron chi connectivity index (χ3n) is 5.90. The number of carbonyl (C=O) groups excluding carboxylic acids is 1. The molecule has 0 spiro atoms. The molecule has 0 aliphatic carbocycles. The number of amides is 1. The second kappa shape index (κ2) is 12.0. The summed E-state index contributed by atoms with van der Waals surface area (Å²) in [6, 6.07) is 7.40. The molecule has 3 rings (SSSR count). The van der Waals surface area contributed by atoms with Gasteiger partial charge in [0.1, 0.15) is 11.6 Å². The Morgan fingerprint density at radius 1 is 1.28 bits per heavy atom. The number of benzene rings is 1. The van der Waals surface area contributed by atoms with E-state index in [0.29, 0.717) is 18.2 Å². The minimum Gasteiger partial charge on any atom is -0.496 e. The summed E-state index contributed by atoms with van der Waals surface area (Å²) in [7, 11) is 5.11. The molecule has 1 unspecified atom stereocenters. The van der Waals surface area contributed by atoms with E-state index in [1.807, 2.05) is 29.2 Å². The minimum absolute atomic E-state index is 0.0380. The number of ether oxygens (including phenoxy) is 1. The predicted molar refractivity (Wildman–Crippen MR) is 136 cm³/mol. The molecule has 176 valence electrons. The summed E-state index contributed by atoms with van der Waals surface area (Å²) in [6.45, 7) is 7.98. The highest BCUT2D eigenvalue weighted by molar-refractivity contribution is 8.76. The minimum atomic E-state index is -0.488. The van der Waals surface area contributed by atoms with Gasteiger partial charge in [0.2, 0.25) is 5.91 Å². The Hall–Kier alpha value is -1.64. The number of imidazole rings is 1. The van der Waals surface area contributed by atoms with Crippen LogP contribution >= 0.6 is 21.6 Å². The van der Waals surface area contributed by atoms with E-state index < -0.39 is 6.04 Å². The zero-order valence-corrected chi connectivity index (χ0v) is 21.3. The van der Waals surface area contributed by atoms with Gasteiger partial charge in [-0.3, -0.25) is 4.79 Å². The molecular formula is C24H36N4O2S2. The Morgan fingerprint density at radius 3 is 2.78 bits per heavy atom. The number of nitrogens with zero attached hydrogens (tertiary/aromatic N) is 3. The van der Waals surface area contributed by atoms with Crippen molar-refractivity contribution in [2.75, 3.05) is 25.2 Å². The molecule has 1 aliphatic heterocycles. The maximum Gasteiger partial charge on any atom is 0.241 e. The van der Waals surface area contributed by atoms with Crippen LogP contribution in [0.2, 0.25) is 0 Å². The fourth-order valence-electron chi connectivity index (χ4n) is 4.35. The lowest BCUT2D eigenvalue weighted by atomic mass is 9.94. The molecule has 0 radical (unpaired) electrons. The van der Waals surface area contributed by atoms with Gasteiger partial charge in [0.15, 0.2) is 0 Å². The van der Waals surface area contributed by atoms with Crippen molar-refractivity contribution in [3.63, 3.8) is 0 Å². The Labute approximate surface area is 200 Å². The number of aromatic nitrogens is 2. The van der Waals surface area contributed by atoms with Crippen molar-refractivity contribution >= 4 is 27.5 Å².